The van der Waals surface area contributed by atoms with Crippen molar-refractivity contribution in [3.05, 3.63) is 48.3 Å². The zero-order chi connectivity index (χ0) is 17.8. The lowest BCUT2D eigenvalue weighted by Gasteiger charge is -2.17. The van der Waals surface area contributed by atoms with Crippen molar-refractivity contribution in [2.75, 3.05) is 0 Å². The van der Waals surface area contributed by atoms with Gasteiger partial charge < -0.3 is 10.1 Å². The van der Waals surface area contributed by atoms with E-state index in [0.717, 1.165) is 25.7 Å². The summed E-state index contributed by atoms with van der Waals surface area (Å²) in [5, 5.41) is 2.90. The van der Waals surface area contributed by atoms with Crippen molar-refractivity contribution in [1.82, 2.24) is 14.9 Å². The van der Waals surface area contributed by atoms with E-state index in [9.17, 15) is 14.0 Å². The Morgan fingerprint density at radius 2 is 1.96 bits per heavy atom. The topological polar surface area (TPSA) is 73.2 Å². The molecular formula is C18H20FN3O3. The van der Waals surface area contributed by atoms with Crippen molar-refractivity contribution in [3.8, 4) is 5.69 Å². The van der Waals surface area contributed by atoms with Gasteiger partial charge in [-0.2, -0.15) is 0 Å². The number of aromatic nitrogens is 2. The molecular weight excluding hydrogens is 325 g/mol. The summed E-state index contributed by atoms with van der Waals surface area (Å²) >= 11 is 0. The second-order valence-corrected chi connectivity index (χ2v) is 6.16. The van der Waals surface area contributed by atoms with Crippen LogP contribution in [0.1, 0.15) is 43.1 Å². The van der Waals surface area contributed by atoms with Gasteiger partial charge in [0, 0.05) is 11.7 Å². The van der Waals surface area contributed by atoms with Crippen LogP contribution in [0.15, 0.2) is 36.8 Å². The standard InChI is InChI=1S/C18H20FN3O3/c1-12(17(23)21-14-4-2-3-5-14)25-18(24)16-10-20-11-22(16)15-8-6-13(19)7-9-15/h6-12,14H,2-5H2,1H3,(H,21,23)/t12-/m1/s1. The van der Waals surface area contributed by atoms with Gasteiger partial charge in [-0.3, -0.25) is 9.36 Å². The predicted octanol–water partition coefficient (Wildman–Crippen LogP) is 2.62. The first-order chi connectivity index (χ1) is 12.0. The Bertz CT molecular complexity index is 751. The molecule has 1 heterocycles. The molecule has 1 aromatic carbocycles. The summed E-state index contributed by atoms with van der Waals surface area (Å²) in [4.78, 5) is 28.5. The number of benzene rings is 1. The summed E-state index contributed by atoms with van der Waals surface area (Å²) in [7, 11) is 0. The number of carbonyl (C=O) groups excluding carboxylic acids is 2. The number of carbonyl (C=O) groups is 2. The van der Waals surface area contributed by atoms with Crippen LogP contribution in [0, 0.1) is 5.82 Å². The maximum absolute atomic E-state index is 13.1. The van der Waals surface area contributed by atoms with E-state index in [0.29, 0.717) is 5.69 Å². The van der Waals surface area contributed by atoms with Crippen molar-refractivity contribution < 1.29 is 18.7 Å². The van der Waals surface area contributed by atoms with Crippen LogP contribution in [0.5, 0.6) is 0 Å². The average Bonchev–Trinajstić information content (AvgIpc) is 3.26. The minimum Gasteiger partial charge on any atom is -0.448 e. The van der Waals surface area contributed by atoms with Crippen LogP contribution in [0.2, 0.25) is 0 Å². The lowest BCUT2D eigenvalue weighted by Crippen LogP contribution is -2.41. The molecule has 1 aromatic heterocycles. The number of rotatable bonds is 5. The molecule has 0 radical (unpaired) electrons. The Hall–Kier alpha value is -2.70. The van der Waals surface area contributed by atoms with Crippen LogP contribution in [0.3, 0.4) is 0 Å². The molecule has 1 saturated carbocycles. The predicted molar refractivity (Wildman–Crippen MR) is 88.8 cm³/mol. The van der Waals surface area contributed by atoms with Crippen LogP contribution in [0.4, 0.5) is 4.39 Å². The van der Waals surface area contributed by atoms with Crippen LogP contribution in [0.25, 0.3) is 5.69 Å². The molecule has 2 aromatic rings. The Labute approximate surface area is 145 Å². The quantitative estimate of drug-likeness (QED) is 0.846. The van der Waals surface area contributed by atoms with E-state index >= 15 is 0 Å². The first-order valence-corrected chi connectivity index (χ1v) is 8.34. The molecule has 0 bridgehead atoms. The van der Waals surface area contributed by atoms with Gasteiger partial charge in [0.1, 0.15) is 5.82 Å². The van der Waals surface area contributed by atoms with Gasteiger partial charge in [0.2, 0.25) is 0 Å². The maximum Gasteiger partial charge on any atom is 0.357 e. The van der Waals surface area contributed by atoms with Gasteiger partial charge in [0.05, 0.1) is 12.5 Å². The third-order valence-corrected chi connectivity index (χ3v) is 4.31. The lowest BCUT2D eigenvalue weighted by molar-refractivity contribution is -0.129. The fourth-order valence-electron chi connectivity index (χ4n) is 2.92. The van der Waals surface area contributed by atoms with E-state index in [2.05, 4.69) is 10.3 Å². The number of halogens is 1. The van der Waals surface area contributed by atoms with E-state index < -0.39 is 12.1 Å². The fourth-order valence-corrected chi connectivity index (χ4v) is 2.92. The molecule has 3 rings (SSSR count). The molecule has 25 heavy (non-hydrogen) atoms. The van der Waals surface area contributed by atoms with Crippen molar-refractivity contribution in [3.63, 3.8) is 0 Å². The number of amides is 1. The molecule has 0 spiro atoms. The molecule has 6 nitrogen and oxygen atoms in total. The SMILES string of the molecule is C[C@@H](OC(=O)c1cncn1-c1ccc(F)cc1)C(=O)NC1CCCC1. The number of ether oxygens (including phenoxy) is 1. The van der Waals surface area contributed by atoms with Crippen LogP contribution < -0.4 is 5.32 Å². The van der Waals surface area contributed by atoms with Crippen molar-refractivity contribution in [2.45, 2.75) is 44.8 Å². The number of nitrogens with one attached hydrogen (secondary N) is 1. The Morgan fingerprint density at radius 1 is 1.28 bits per heavy atom. The van der Waals surface area contributed by atoms with Gasteiger partial charge >= 0.3 is 5.97 Å². The van der Waals surface area contributed by atoms with Crippen LogP contribution in [-0.2, 0) is 9.53 Å². The largest absolute Gasteiger partial charge is 0.448 e. The van der Waals surface area contributed by atoms with E-state index in [1.807, 2.05) is 0 Å². The third kappa shape index (κ3) is 4.04. The maximum atomic E-state index is 13.1. The van der Waals surface area contributed by atoms with Gasteiger partial charge in [-0.25, -0.2) is 14.2 Å². The van der Waals surface area contributed by atoms with Gasteiger partial charge in [-0.15, -0.1) is 0 Å². The molecule has 0 aliphatic heterocycles. The Morgan fingerprint density at radius 3 is 2.64 bits per heavy atom. The van der Waals surface area contributed by atoms with Crippen molar-refractivity contribution in [2.24, 2.45) is 0 Å². The summed E-state index contributed by atoms with van der Waals surface area (Å²) in [6.45, 7) is 1.54. The molecule has 1 amide bonds. The van der Waals surface area contributed by atoms with Gasteiger partial charge in [-0.05, 0) is 44.0 Å². The van der Waals surface area contributed by atoms with E-state index in [-0.39, 0.29) is 23.5 Å². The number of imidazole rings is 1. The summed E-state index contributed by atoms with van der Waals surface area (Å²) in [6, 6.07) is 5.82. The molecule has 0 saturated heterocycles. The molecule has 7 heteroatoms. The van der Waals surface area contributed by atoms with Crippen LogP contribution >= 0.6 is 0 Å². The molecule has 1 aliphatic rings. The van der Waals surface area contributed by atoms with Gasteiger partial charge in [0.25, 0.3) is 5.91 Å². The zero-order valence-corrected chi connectivity index (χ0v) is 13.9. The average molecular weight is 345 g/mol. The lowest BCUT2D eigenvalue weighted by atomic mass is 10.2. The smallest absolute Gasteiger partial charge is 0.357 e. The fraction of sp³-hybridized carbons (Fsp3) is 0.389. The monoisotopic (exact) mass is 345 g/mol. The highest BCUT2D eigenvalue weighted by Gasteiger charge is 2.25. The highest BCUT2D eigenvalue weighted by molar-refractivity contribution is 5.91. The Kier molecular flexibility index (Phi) is 5.11. The number of hydrogen-bond donors (Lipinski definition) is 1. The Balaban J connectivity index is 1.66. The molecule has 1 N–H and O–H groups in total. The second kappa shape index (κ2) is 7.46. The highest BCUT2D eigenvalue weighted by Crippen LogP contribution is 2.18. The van der Waals surface area contributed by atoms with E-state index in [1.165, 1.54) is 41.4 Å². The summed E-state index contributed by atoms with van der Waals surface area (Å²) in [6.07, 6.45) is 6.03. The molecule has 1 aliphatic carbocycles. The van der Waals surface area contributed by atoms with Crippen LogP contribution in [-0.4, -0.2) is 33.6 Å². The van der Waals surface area contributed by atoms with Gasteiger partial charge in [0.15, 0.2) is 11.8 Å². The summed E-state index contributed by atoms with van der Waals surface area (Å²) in [5.41, 5.74) is 0.751. The van der Waals surface area contributed by atoms with E-state index in [1.54, 1.807) is 6.92 Å². The third-order valence-electron chi connectivity index (χ3n) is 4.31. The minimum atomic E-state index is -0.898. The second-order valence-electron chi connectivity index (χ2n) is 6.16. The minimum absolute atomic E-state index is 0.165. The summed E-state index contributed by atoms with van der Waals surface area (Å²) < 4.78 is 19.8. The number of hydrogen-bond acceptors (Lipinski definition) is 4. The normalized spacial score (nSPS) is 15.8. The van der Waals surface area contributed by atoms with Gasteiger partial charge in [-0.1, -0.05) is 12.8 Å². The summed E-state index contributed by atoms with van der Waals surface area (Å²) in [5.74, 6) is -1.32. The number of nitrogens with zero attached hydrogens (tertiary/aromatic N) is 2. The zero-order valence-electron chi connectivity index (χ0n) is 13.9. The molecule has 0 unspecified atom stereocenters. The van der Waals surface area contributed by atoms with Crippen molar-refractivity contribution >= 4 is 11.9 Å². The molecule has 132 valence electrons. The first-order valence-electron chi connectivity index (χ1n) is 8.34. The molecule has 1 atom stereocenters. The highest BCUT2D eigenvalue weighted by atomic mass is 19.1. The first kappa shape index (κ1) is 17.1. The van der Waals surface area contributed by atoms with E-state index in [4.69, 9.17) is 4.74 Å². The number of esters is 1. The molecule has 1 fully saturated rings. The van der Waals surface area contributed by atoms with Crippen molar-refractivity contribution in [1.29, 1.82) is 0 Å².